The van der Waals surface area contributed by atoms with E-state index >= 15 is 0 Å². The van der Waals surface area contributed by atoms with Gasteiger partial charge in [0.1, 0.15) is 5.75 Å². The Hall–Kier alpha value is -2.56. The van der Waals surface area contributed by atoms with Crippen molar-refractivity contribution in [2.24, 2.45) is 0 Å². The molecule has 3 rings (SSSR count). The molecule has 1 unspecified atom stereocenters. The van der Waals surface area contributed by atoms with E-state index in [-0.39, 0.29) is 11.3 Å². The van der Waals surface area contributed by atoms with E-state index in [0.717, 1.165) is 18.1 Å². The van der Waals surface area contributed by atoms with Gasteiger partial charge in [0, 0.05) is 17.6 Å². The highest BCUT2D eigenvalue weighted by Crippen LogP contribution is 2.40. The average molecular weight is 346 g/mol. The fourth-order valence-electron chi connectivity index (χ4n) is 3.03. The summed E-state index contributed by atoms with van der Waals surface area (Å²) < 4.78 is 45.4. The van der Waals surface area contributed by atoms with Gasteiger partial charge < -0.3 is 4.74 Å². The van der Waals surface area contributed by atoms with Crippen LogP contribution in [0.1, 0.15) is 29.2 Å². The van der Waals surface area contributed by atoms with Crippen LogP contribution in [-0.2, 0) is 11.2 Å². The number of benzene rings is 2. The van der Waals surface area contributed by atoms with Gasteiger partial charge in [-0.15, -0.1) is 0 Å². The maximum Gasteiger partial charge on any atom is 0.429 e. The minimum absolute atomic E-state index is 0.196. The van der Waals surface area contributed by atoms with Gasteiger partial charge in [0.15, 0.2) is 5.78 Å². The lowest BCUT2D eigenvalue weighted by Crippen LogP contribution is -2.40. The summed E-state index contributed by atoms with van der Waals surface area (Å²) in [6, 6.07) is 13.0. The number of fused-ring (bicyclic) bond motifs is 1. The smallest absolute Gasteiger partial charge is 0.429 e. The predicted molar refractivity (Wildman–Crippen MR) is 89.6 cm³/mol. The number of carbonyl (C=O) groups is 1. The number of ketones is 1. The summed E-state index contributed by atoms with van der Waals surface area (Å²) in [5, 5.41) is 0. The number of hydrogen-bond donors (Lipinski definition) is 0. The number of halogens is 3. The van der Waals surface area contributed by atoms with E-state index < -0.39 is 18.1 Å². The van der Waals surface area contributed by atoms with Crippen molar-refractivity contribution in [3.05, 3.63) is 70.3 Å². The SMILES string of the molecule is CC(=O)C1=Cc2cc(C)cc(Cc3ccccc3)c2OC1C(F)(F)F. The number of ether oxygens (including phenoxy) is 1. The summed E-state index contributed by atoms with van der Waals surface area (Å²) in [6.07, 6.45) is -5.11. The van der Waals surface area contributed by atoms with Crippen molar-refractivity contribution in [2.75, 3.05) is 0 Å². The molecule has 0 saturated carbocycles. The molecule has 0 amide bonds. The van der Waals surface area contributed by atoms with Gasteiger partial charge in [-0.05, 0) is 42.7 Å². The Morgan fingerprint density at radius 1 is 1.16 bits per heavy atom. The molecule has 0 N–H and O–H groups in total. The monoisotopic (exact) mass is 346 g/mol. The van der Waals surface area contributed by atoms with Gasteiger partial charge in [0.25, 0.3) is 0 Å². The fraction of sp³-hybridized carbons (Fsp3) is 0.250. The molecule has 0 aliphatic carbocycles. The van der Waals surface area contributed by atoms with Gasteiger partial charge in [0.05, 0.1) is 0 Å². The molecule has 1 aliphatic heterocycles. The Morgan fingerprint density at radius 2 is 1.84 bits per heavy atom. The minimum atomic E-state index is -4.65. The molecule has 130 valence electrons. The molecule has 1 aliphatic rings. The zero-order valence-corrected chi connectivity index (χ0v) is 13.9. The Labute approximate surface area is 143 Å². The van der Waals surface area contributed by atoms with Crippen LogP contribution in [0.2, 0.25) is 0 Å². The van der Waals surface area contributed by atoms with Crippen molar-refractivity contribution in [3.63, 3.8) is 0 Å². The van der Waals surface area contributed by atoms with Crippen LogP contribution in [0.3, 0.4) is 0 Å². The van der Waals surface area contributed by atoms with E-state index in [1.54, 1.807) is 6.07 Å². The zero-order chi connectivity index (χ0) is 18.2. The van der Waals surface area contributed by atoms with Gasteiger partial charge >= 0.3 is 6.18 Å². The standard InChI is InChI=1S/C20H17F3O2/c1-12-8-15(10-14-6-4-3-5-7-14)18-16(9-12)11-17(13(2)24)19(25-18)20(21,22)23/h3-9,11,19H,10H2,1-2H3. The van der Waals surface area contributed by atoms with Crippen molar-refractivity contribution in [1.29, 1.82) is 0 Å². The molecule has 2 aromatic rings. The number of Topliss-reactive ketones (excluding diaryl/α,β-unsaturated/α-hetero) is 1. The summed E-state index contributed by atoms with van der Waals surface area (Å²) in [6.45, 7) is 2.99. The van der Waals surface area contributed by atoms with Crippen LogP contribution in [0.5, 0.6) is 5.75 Å². The van der Waals surface area contributed by atoms with Gasteiger partial charge in [-0.25, -0.2) is 0 Å². The normalized spacial score (nSPS) is 16.7. The van der Waals surface area contributed by atoms with Crippen LogP contribution < -0.4 is 4.74 Å². The van der Waals surface area contributed by atoms with Crippen molar-refractivity contribution < 1.29 is 22.7 Å². The highest BCUT2D eigenvalue weighted by molar-refractivity contribution is 6.00. The Morgan fingerprint density at radius 3 is 2.44 bits per heavy atom. The minimum Gasteiger partial charge on any atom is -0.475 e. The number of alkyl halides is 3. The van der Waals surface area contributed by atoms with Gasteiger partial charge in [0.2, 0.25) is 6.10 Å². The van der Waals surface area contributed by atoms with Crippen molar-refractivity contribution in [3.8, 4) is 5.75 Å². The van der Waals surface area contributed by atoms with Gasteiger partial charge in [-0.1, -0.05) is 36.4 Å². The zero-order valence-electron chi connectivity index (χ0n) is 13.9. The van der Waals surface area contributed by atoms with E-state index in [2.05, 4.69) is 0 Å². The number of aryl methyl sites for hydroxylation is 1. The summed E-state index contributed by atoms with van der Waals surface area (Å²) in [7, 11) is 0. The summed E-state index contributed by atoms with van der Waals surface area (Å²) in [4.78, 5) is 11.7. The molecule has 1 heterocycles. The van der Waals surface area contributed by atoms with E-state index in [1.807, 2.05) is 43.3 Å². The van der Waals surface area contributed by atoms with Gasteiger partial charge in [-0.3, -0.25) is 4.79 Å². The molecule has 0 spiro atoms. The van der Waals surface area contributed by atoms with Crippen LogP contribution in [0.15, 0.2) is 48.0 Å². The topological polar surface area (TPSA) is 26.3 Å². The van der Waals surface area contributed by atoms with Crippen molar-refractivity contribution >= 4 is 11.9 Å². The van der Waals surface area contributed by atoms with Crippen LogP contribution in [0.25, 0.3) is 6.08 Å². The quantitative estimate of drug-likeness (QED) is 0.792. The van der Waals surface area contributed by atoms with Crippen LogP contribution in [-0.4, -0.2) is 18.1 Å². The Balaban J connectivity index is 2.10. The molecule has 2 nitrogen and oxygen atoms in total. The third kappa shape index (κ3) is 3.60. The van der Waals surface area contributed by atoms with E-state index in [1.165, 1.54) is 6.08 Å². The van der Waals surface area contributed by atoms with Crippen LogP contribution >= 0.6 is 0 Å². The Kier molecular flexibility index (Phi) is 4.41. The molecule has 5 heteroatoms. The molecule has 1 atom stereocenters. The molecule has 25 heavy (non-hydrogen) atoms. The highest BCUT2D eigenvalue weighted by atomic mass is 19.4. The third-order valence-corrected chi connectivity index (χ3v) is 4.11. The molecular weight excluding hydrogens is 329 g/mol. The van der Waals surface area contributed by atoms with Crippen LogP contribution in [0, 0.1) is 6.92 Å². The summed E-state index contributed by atoms with van der Waals surface area (Å²) >= 11 is 0. The van der Waals surface area contributed by atoms with Crippen LogP contribution in [0.4, 0.5) is 13.2 Å². The molecule has 0 bridgehead atoms. The number of hydrogen-bond acceptors (Lipinski definition) is 2. The lowest BCUT2D eigenvalue weighted by Gasteiger charge is -2.29. The third-order valence-electron chi connectivity index (χ3n) is 4.11. The molecule has 0 aromatic heterocycles. The molecule has 0 fully saturated rings. The first kappa shape index (κ1) is 17.3. The van der Waals surface area contributed by atoms with E-state index in [0.29, 0.717) is 17.5 Å². The van der Waals surface area contributed by atoms with Crippen molar-refractivity contribution in [1.82, 2.24) is 0 Å². The average Bonchev–Trinajstić information content (AvgIpc) is 2.53. The number of carbonyl (C=O) groups excluding carboxylic acids is 1. The summed E-state index contributed by atoms with van der Waals surface area (Å²) in [5.74, 6) is -0.444. The molecular formula is C20H17F3O2. The number of rotatable bonds is 3. The lowest BCUT2D eigenvalue weighted by molar-refractivity contribution is -0.185. The largest absolute Gasteiger partial charge is 0.475 e. The molecule has 0 radical (unpaired) electrons. The second kappa shape index (κ2) is 6.39. The molecule has 0 saturated heterocycles. The maximum atomic E-state index is 13.4. The maximum absolute atomic E-state index is 13.4. The first-order valence-corrected chi connectivity index (χ1v) is 7.89. The summed E-state index contributed by atoms with van der Waals surface area (Å²) in [5.41, 5.74) is 2.70. The van der Waals surface area contributed by atoms with Crippen molar-refractivity contribution in [2.45, 2.75) is 32.5 Å². The Bertz CT molecular complexity index is 836. The second-order valence-corrected chi connectivity index (χ2v) is 6.20. The second-order valence-electron chi connectivity index (χ2n) is 6.20. The predicted octanol–water partition coefficient (Wildman–Crippen LogP) is 4.88. The highest BCUT2D eigenvalue weighted by Gasteiger charge is 2.47. The lowest BCUT2D eigenvalue weighted by atomic mass is 9.93. The fourth-order valence-corrected chi connectivity index (χ4v) is 3.03. The van der Waals surface area contributed by atoms with Gasteiger partial charge in [-0.2, -0.15) is 13.2 Å². The first-order valence-electron chi connectivity index (χ1n) is 7.89. The molecule has 2 aromatic carbocycles. The first-order chi connectivity index (χ1) is 11.8. The van der Waals surface area contributed by atoms with E-state index in [9.17, 15) is 18.0 Å². The van der Waals surface area contributed by atoms with E-state index in [4.69, 9.17) is 4.74 Å².